The standard InChI is InChI=1S/C21H41NO6S.Na.H/c1-2-3-4-5-6-7-8-9-10-11-12-13-14-15-16-17-20(23)28-21(24)19(22)18-29(25,26)27;;/h19H,2-18,22H2,1H3,(H,25,26,27);;/t19-;;/m1../s1. The number of hydrogen-bond donors (Lipinski definition) is 2. The fraction of sp³-hybridized carbons (Fsp3) is 0.905. The van der Waals surface area contributed by atoms with Crippen LogP contribution in [0.25, 0.3) is 0 Å². The number of carbonyl (C=O) groups is 2. The van der Waals surface area contributed by atoms with Gasteiger partial charge in [0.1, 0.15) is 11.8 Å². The second-order valence-corrected chi connectivity index (χ2v) is 9.35. The second kappa shape index (κ2) is 20.9. The molecule has 7 nitrogen and oxygen atoms in total. The molecule has 0 bridgehead atoms. The van der Waals surface area contributed by atoms with E-state index >= 15 is 0 Å². The van der Waals surface area contributed by atoms with Crippen LogP contribution >= 0.6 is 0 Å². The average Bonchev–Trinajstić information content (AvgIpc) is 2.63. The maximum atomic E-state index is 11.5. The Labute approximate surface area is 205 Å². The van der Waals surface area contributed by atoms with Crippen LogP contribution in [0, 0.1) is 0 Å². The molecular weight excluding hydrogens is 417 g/mol. The molecule has 3 N–H and O–H groups in total. The van der Waals surface area contributed by atoms with Crippen LogP contribution in [0.5, 0.6) is 0 Å². The Kier molecular flexibility index (Phi) is 22.4. The molecule has 0 saturated carbocycles. The van der Waals surface area contributed by atoms with E-state index < -0.39 is 33.9 Å². The molecule has 0 radical (unpaired) electrons. The Hall–Kier alpha value is 0.01000. The van der Waals surface area contributed by atoms with Crippen LogP contribution in [0.1, 0.15) is 110 Å². The zero-order chi connectivity index (χ0) is 22.0. The first-order chi connectivity index (χ1) is 13.8. The van der Waals surface area contributed by atoms with E-state index in [1.165, 1.54) is 70.6 Å². The van der Waals surface area contributed by atoms with E-state index in [9.17, 15) is 18.0 Å². The molecule has 1 atom stereocenters. The summed E-state index contributed by atoms with van der Waals surface area (Å²) < 4.78 is 34.4. The number of unbranched alkanes of at least 4 members (excludes halogenated alkanes) is 14. The number of ether oxygens (including phenoxy) is 1. The fourth-order valence-corrected chi connectivity index (χ4v) is 3.76. The number of esters is 2. The van der Waals surface area contributed by atoms with Gasteiger partial charge in [-0.1, -0.05) is 96.8 Å². The van der Waals surface area contributed by atoms with Crippen LogP contribution in [-0.4, -0.2) is 66.3 Å². The summed E-state index contributed by atoms with van der Waals surface area (Å²) in [6, 6.07) is -1.56. The van der Waals surface area contributed by atoms with Gasteiger partial charge in [-0.25, -0.2) is 4.79 Å². The molecule has 0 amide bonds. The molecule has 0 aromatic rings. The Bertz CT molecular complexity index is 542. The Balaban J connectivity index is 0. The van der Waals surface area contributed by atoms with Crippen molar-refractivity contribution >= 4 is 51.6 Å². The van der Waals surface area contributed by atoms with Crippen LogP contribution in [0.15, 0.2) is 0 Å². The Morgan fingerprint density at radius 2 is 1.17 bits per heavy atom. The number of nitrogens with two attached hydrogens (primary N) is 1. The van der Waals surface area contributed by atoms with Gasteiger partial charge in [-0.05, 0) is 6.42 Å². The monoisotopic (exact) mass is 459 g/mol. The van der Waals surface area contributed by atoms with Crippen molar-refractivity contribution in [1.29, 1.82) is 0 Å². The molecule has 0 unspecified atom stereocenters. The average molecular weight is 460 g/mol. The van der Waals surface area contributed by atoms with Crippen LogP contribution in [0.3, 0.4) is 0 Å². The first-order valence-corrected chi connectivity index (χ1v) is 12.8. The quantitative estimate of drug-likeness (QED) is 0.0987. The van der Waals surface area contributed by atoms with Gasteiger partial charge in [-0.2, -0.15) is 8.42 Å². The van der Waals surface area contributed by atoms with Crippen molar-refractivity contribution < 1.29 is 27.3 Å². The van der Waals surface area contributed by atoms with Gasteiger partial charge >= 0.3 is 41.5 Å². The Morgan fingerprint density at radius 3 is 1.53 bits per heavy atom. The van der Waals surface area contributed by atoms with Crippen LogP contribution in [0.4, 0.5) is 0 Å². The van der Waals surface area contributed by atoms with Crippen molar-refractivity contribution in [2.45, 2.75) is 116 Å². The molecule has 30 heavy (non-hydrogen) atoms. The van der Waals surface area contributed by atoms with Gasteiger partial charge in [0, 0.05) is 6.42 Å². The van der Waals surface area contributed by atoms with Crippen LogP contribution in [-0.2, 0) is 24.4 Å². The van der Waals surface area contributed by atoms with Crippen molar-refractivity contribution in [2.24, 2.45) is 5.73 Å². The van der Waals surface area contributed by atoms with Gasteiger partial charge in [0.25, 0.3) is 10.1 Å². The summed E-state index contributed by atoms with van der Waals surface area (Å²) in [5.74, 6) is -2.80. The second-order valence-electron chi connectivity index (χ2n) is 7.85. The van der Waals surface area contributed by atoms with Crippen molar-refractivity contribution in [2.75, 3.05) is 5.75 Å². The maximum absolute atomic E-state index is 11.5. The summed E-state index contributed by atoms with van der Waals surface area (Å²) in [6.45, 7) is 2.24. The van der Waals surface area contributed by atoms with E-state index in [0.29, 0.717) is 6.42 Å². The van der Waals surface area contributed by atoms with Gasteiger partial charge < -0.3 is 10.5 Å². The van der Waals surface area contributed by atoms with Crippen molar-refractivity contribution in [3.63, 3.8) is 0 Å². The number of rotatable bonds is 19. The molecule has 0 aromatic carbocycles. The molecular formula is C21H42NNaO6S. The normalized spacial score (nSPS) is 12.2. The SMILES string of the molecule is CCCCCCCCCCCCCCCCCC(=O)OC(=O)[C@H](N)CS(=O)(=O)O.[NaH]. The van der Waals surface area contributed by atoms with E-state index in [2.05, 4.69) is 11.7 Å². The summed E-state index contributed by atoms with van der Waals surface area (Å²) in [5, 5.41) is 0. The third-order valence-electron chi connectivity index (χ3n) is 4.89. The summed E-state index contributed by atoms with van der Waals surface area (Å²) in [5.41, 5.74) is 5.27. The summed E-state index contributed by atoms with van der Waals surface area (Å²) in [4.78, 5) is 23.0. The fourth-order valence-electron chi connectivity index (χ4n) is 3.17. The van der Waals surface area contributed by atoms with Crippen LogP contribution < -0.4 is 5.73 Å². The summed E-state index contributed by atoms with van der Waals surface area (Å²) in [7, 11) is -4.38. The molecule has 0 spiro atoms. The predicted octanol–water partition coefficient (Wildman–Crippen LogP) is 3.88. The molecule has 9 heteroatoms. The summed E-state index contributed by atoms with van der Waals surface area (Å²) in [6.07, 6.45) is 18.4. The third kappa shape index (κ3) is 22.7. The minimum absolute atomic E-state index is 0. The third-order valence-corrected chi connectivity index (χ3v) is 5.67. The van der Waals surface area contributed by atoms with Crippen molar-refractivity contribution in [3.05, 3.63) is 0 Å². The Morgan fingerprint density at radius 1 is 0.800 bits per heavy atom. The first kappa shape index (κ1) is 32.2. The van der Waals surface area contributed by atoms with Crippen molar-refractivity contribution in [1.82, 2.24) is 0 Å². The van der Waals surface area contributed by atoms with E-state index in [1.54, 1.807) is 0 Å². The van der Waals surface area contributed by atoms with Gasteiger partial charge in [-0.3, -0.25) is 9.35 Å². The molecule has 0 aromatic heterocycles. The molecule has 0 rings (SSSR count). The molecule has 174 valence electrons. The van der Waals surface area contributed by atoms with Gasteiger partial charge in [0.05, 0.1) is 0 Å². The van der Waals surface area contributed by atoms with E-state index in [4.69, 9.17) is 10.3 Å². The van der Waals surface area contributed by atoms with E-state index in [1.807, 2.05) is 0 Å². The molecule has 0 saturated heterocycles. The molecule has 0 aliphatic carbocycles. The molecule has 0 aliphatic heterocycles. The predicted molar refractivity (Wildman–Crippen MR) is 122 cm³/mol. The molecule has 0 aliphatic rings. The van der Waals surface area contributed by atoms with Gasteiger partial charge in [0.2, 0.25) is 0 Å². The van der Waals surface area contributed by atoms with Crippen molar-refractivity contribution in [3.8, 4) is 0 Å². The van der Waals surface area contributed by atoms with Crippen LogP contribution in [0.2, 0.25) is 0 Å². The number of hydrogen-bond acceptors (Lipinski definition) is 6. The first-order valence-electron chi connectivity index (χ1n) is 11.2. The van der Waals surface area contributed by atoms with E-state index in [0.717, 1.165) is 19.3 Å². The van der Waals surface area contributed by atoms with E-state index in [-0.39, 0.29) is 36.0 Å². The minimum atomic E-state index is -4.38. The zero-order valence-electron chi connectivity index (χ0n) is 18.1. The number of carbonyl (C=O) groups excluding carboxylic acids is 2. The molecule has 0 fully saturated rings. The van der Waals surface area contributed by atoms with Gasteiger partial charge in [0.15, 0.2) is 0 Å². The van der Waals surface area contributed by atoms with Gasteiger partial charge in [-0.15, -0.1) is 0 Å². The molecule has 0 heterocycles. The zero-order valence-corrected chi connectivity index (χ0v) is 18.9. The summed E-state index contributed by atoms with van der Waals surface area (Å²) >= 11 is 0. The topological polar surface area (TPSA) is 124 Å².